The fraction of sp³-hybridized carbons (Fsp3) is 0.267. The minimum Gasteiger partial charge on any atom is -0.364 e. The maximum absolute atomic E-state index is 12.3. The molecular formula is C15H13N3O2S2. The van der Waals surface area contributed by atoms with Crippen LogP contribution in [-0.2, 0) is 13.0 Å². The summed E-state index contributed by atoms with van der Waals surface area (Å²) < 4.78 is 4.76. The van der Waals surface area contributed by atoms with E-state index in [4.69, 9.17) is 4.52 Å². The highest BCUT2D eigenvalue weighted by Gasteiger charge is 2.25. The summed E-state index contributed by atoms with van der Waals surface area (Å²) in [7, 11) is 0. The summed E-state index contributed by atoms with van der Waals surface area (Å²) in [4.78, 5) is 21.3. The Morgan fingerprint density at radius 1 is 1.45 bits per heavy atom. The van der Waals surface area contributed by atoms with E-state index in [9.17, 15) is 4.79 Å². The van der Waals surface area contributed by atoms with Crippen LogP contribution in [0.5, 0.6) is 0 Å². The zero-order valence-corrected chi connectivity index (χ0v) is 13.5. The van der Waals surface area contributed by atoms with E-state index in [2.05, 4.69) is 21.6 Å². The Morgan fingerprint density at radius 3 is 3.09 bits per heavy atom. The first kappa shape index (κ1) is 13.7. The third-order valence-electron chi connectivity index (χ3n) is 3.68. The summed E-state index contributed by atoms with van der Waals surface area (Å²) in [6, 6.07) is 3.77. The SMILES string of the molecule is Cc1nc(-c2cc3c(s2)CCN(C(=O)c2ccon2)C3)cs1. The number of aromatic nitrogens is 2. The summed E-state index contributed by atoms with van der Waals surface area (Å²) in [5, 5.41) is 6.89. The monoisotopic (exact) mass is 331 g/mol. The molecule has 5 nitrogen and oxygen atoms in total. The van der Waals surface area contributed by atoms with Gasteiger partial charge in [0.15, 0.2) is 5.69 Å². The Hall–Kier alpha value is -1.99. The van der Waals surface area contributed by atoms with Crippen LogP contribution in [0.25, 0.3) is 10.6 Å². The van der Waals surface area contributed by atoms with Crippen LogP contribution >= 0.6 is 22.7 Å². The summed E-state index contributed by atoms with van der Waals surface area (Å²) in [5.41, 5.74) is 2.62. The van der Waals surface area contributed by atoms with Crippen LogP contribution in [0, 0.1) is 6.92 Å². The molecule has 0 radical (unpaired) electrons. The van der Waals surface area contributed by atoms with Crippen molar-refractivity contribution in [2.24, 2.45) is 0 Å². The van der Waals surface area contributed by atoms with E-state index in [0.29, 0.717) is 12.2 Å². The molecule has 0 N–H and O–H groups in total. The molecule has 0 bridgehead atoms. The van der Waals surface area contributed by atoms with Crippen molar-refractivity contribution >= 4 is 28.6 Å². The summed E-state index contributed by atoms with van der Waals surface area (Å²) in [6.07, 6.45) is 2.31. The molecule has 0 saturated carbocycles. The van der Waals surface area contributed by atoms with E-state index >= 15 is 0 Å². The van der Waals surface area contributed by atoms with Crippen LogP contribution in [0.15, 0.2) is 28.3 Å². The van der Waals surface area contributed by atoms with Gasteiger partial charge in [0.1, 0.15) is 6.26 Å². The lowest BCUT2D eigenvalue weighted by Gasteiger charge is -2.25. The predicted octanol–water partition coefficient (Wildman–Crippen LogP) is 3.37. The fourth-order valence-electron chi connectivity index (χ4n) is 2.59. The molecule has 1 amide bonds. The summed E-state index contributed by atoms with van der Waals surface area (Å²) in [6.45, 7) is 3.36. The first-order valence-electron chi connectivity index (χ1n) is 6.94. The molecule has 1 aliphatic heterocycles. The highest BCUT2D eigenvalue weighted by atomic mass is 32.1. The van der Waals surface area contributed by atoms with Crippen LogP contribution in [0.4, 0.5) is 0 Å². The second-order valence-corrected chi connectivity index (χ2v) is 7.37. The van der Waals surface area contributed by atoms with Gasteiger partial charge in [-0.3, -0.25) is 4.79 Å². The van der Waals surface area contributed by atoms with Crippen molar-refractivity contribution in [3.63, 3.8) is 0 Å². The molecule has 0 atom stereocenters. The largest absolute Gasteiger partial charge is 0.364 e. The van der Waals surface area contributed by atoms with Gasteiger partial charge in [0.2, 0.25) is 0 Å². The molecule has 0 spiro atoms. The molecule has 7 heteroatoms. The Bertz CT molecular complexity index is 820. The summed E-state index contributed by atoms with van der Waals surface area (Å²) >= 11 is 3.45. The highest BCUT2D eigenvalue weighted by molar-refractivity contribution is 7.16. The van der Waals surface area contributed by atoms with Crippen LogP contribution in [0.2, 0.25) is 0 Å². The molecule has 3 aromatic heterocycles. The van der Waals surface area contributed by atoms with Gasteiger partial charge in [0.05, 0.1) is 15.6 Å². The maximum Gasteiger partial charge on any atom is 0.276 e. The molecule has 1 aliphatic rings. The van der Waals surface area contributed by atoms with Gasteiger partial charge in [-0.15, -0.1) is 22.7 Å². The number of amides is 1. The second-order valence-electron chi connectivity index (χ2n) is 5.17. The van der Waals surface area contributed by atoms with E-state index in [-0.39, 0.29) is 5.91 Å². The van der Waals surface area contributed by atoms with Crippen molar-refractivity contribution in [3.05, 3.63) is 44.9 Å². The molecule has 3 aromatic rings. The molecule has 22 heavy (non-hydrogen) atoms. The van der Waals surface area contributed by atoms with Crippen molar-refractivity contribution in [1.82, 2.24) is 15.0 Å². The standard InChI is InChI=1S/C15H13N3O2S2/c1-9-16-12(8-21-9)14-6-10-7-18(4-2-13(10)22-14)15(19)11-3-5-20-17-11/h3,5-6,8H,2,4,7H2,1H3. The van der Waals surface area contributed by atoms with Gasteiger partial charge in [-0.2, -0.15) is 0 Å². The average molecular weight is 331 g/mol. The molecule has 0 aliphatic carbocycles. The Balaban J connectivity index is 1.59. The number of rotatable bonds is 2. The van der Waals surface area contributed by atoms with Crippen LogP contribution in [0.3, 0.4) is 0 Å². The Labute approximate surface area is 135 Å². The highest BCUT2D eigenvalue weighted by Crippen LogP contribution is 2.35. The zero-order valence-electron chi connectivity index (χ0n) is 11.9. The van der Waals surface area contributed by atoms with Crippen molar-refractivity contribution in [2.75, 3.05) is 6.54 Å². The first-order chi connectivity index (χ1) is 10.7. The van der Waals surface area contributed by atoms with E-state index in [1.54, 1.807) is 28.7 Å². The number of fused-ring (bicyclic) bond motifs is 1. The number of hydrogen-bond donors (Lipinski definition) is 0. The number of carbonyl (C=O) groups excluding carboxylic acids is 1. The molecule has 0 fully saturated rings. The second kappa shape index (κ2) is 5.33. The van der Waals surface area contributed by atoms with E-state index < -0.39 is 0 Å². The topological polar surface area (TPSA) is 59.2 Å². The number of aryl methyl sites for hydroxylation is 1. The van der Waals surface area contributed by atoms with Crippen molar-refractivity contribution < 1.29 is 9.32 Å². The lowest BCUT2D eigenvalue weighted by atomic mass is 10.1. The number of carbonyl (C=O) groups is 1. The van der Waals surface area contributed by atoms with Gasteiger partial charge in [0.25, 0.3) is 5.91 Å². The number of hydrogen-bond acceptors (Lipinski definition) is 6. The average Bonchev–Trinajstić information content (AvgIpc) is 3.25. The third kappa shape index (κ3) is 2.36. The van der Waals surface area contributed by atoms with E-state index in [1.165, 1.54) is 21.6 Å². The molecule has 4 heterocycles. The maximum atomic E-state index is 12.3. The first-order valence-corrected chi connectivity index (χ1v) is 8.64. The van der Waals surface area contributed by atoms with Crippen molar-refractivity contribution in [1.29, 1.82) is 0 Å². The van der Waals surface area contributed by atoms with Crippen molar-refractivity contribution in [3.8, 4) is 10.6 Å². The fourth-order valence-corrected chi connectivity index (χ4v) is 4.41. The normalized spacial score (nSPS) is 14.1. The van der Waals surface area contributed by atoms with Gasteiger partial charge in [-0.25, -0.2) is 4.98 Å². The number of thiophene rings is 1. The van der Waals surface area contributed by atoms with Gasteiger partial charge < -0.3 is 9.42 Å². The smallest absolute Gasteiger partial charge is 0.276 e. The minimum atomic E-state index is -0.0725. The molecule has 4 rings (SSSR count). The lowest BCUT2D eigenvalue weighted by Crippen LogP contribution is -2.35. The third-order valence-corrected chi connectivity index (χ3v) is 5.72. The molecule has 0 unspecified atom stereocenters. The molecular weight excluding hydrogens is 318 g/mol. The van der Waals surface area contributed by atoms with E-state index in [1.807, 2.05) is 11.8 Å². The van der Waals surface area contributed by atoms with Gasteiger partial charge in [-0.1, -0.05) is 5.16 Å². The Morgan fingerprint density at radius 2 is 2.36 bits per heavy atom. The minimum absolute atomic E-state index is 0.0725. The number of thiazole rings is 1. The molecule has 0 aromatic carbocycles. The van der Waals surface area contributed by atoms with Crippen molar-refractivity contribution in [2.45, 2.75) is 19.9 Å². The van der Waals surface area contributed by atoms with Crippen LogP contribution < -0.4 is 0 Å². The Kier molecular flexibility index (Phi) is 3.31. The number of nitrogens with zero attached hydrogens (tertiary/aromatic N) is 3. The van der Waals surface area contributed by atoms with Gasteiger partial charge in [-0.05, 0) is 25.0 Å². The van der Waals surface area contributed by atoms with Gasteiger partial charge in [0, 0.05) is 29.4 Å². The quantitative estimate of drug-likeness (QED) is 0.722. The van der Waals surface area contributed by atoms with Gasteiger partial charge >= 0.3 is 0 Å². The zero-order chi connectivity index (χ0) is 15.1. The van der Waals surface area contributed by atoms with Crippen LogP contribution in [0.1, 0.15) is 25.9 Å². The summed E-state index contributed by atoms with van der Waals surface area (Å²) in [5.74, 6) is -0.0725. The molecule has 112 valence electrons. The molecule has 0 saturated heterocycles. The van der Waals surface area contributed by atoms with Crippen LogP contribution in [-0.4, -0.2) is 27.5 Å². The lowest BCUT2D eigenvalue weighted by molar-refractivity contribution is 0.0725. The predicted molar refractivity (Wildman–Crippen MR) is 85.1 cm³/mol. The van der Waals surface area contributed by atoms with E-state index in [0.717, 1.165) is 23.7 Å².